The first-order valence-corrected chi connectivity index (χ1v) is 14.3. The normalized spacial score (nSPS) is 15.3. The lowest BCUT2D eigenvalue weighted by atomic mass is 10.1. The van der Waals surface area contributed by atoms with Crippen molar-refractivity contribution in [2.75, 3.05) is 0 Å². The Labute approximate surface area is 237 Å². The van der Waals surface area contributed by atoms with Gasteiger partial charge in [0.25, 0.3) is 0 Å². The minimum absolute atomic E-state index is 0.0805. The van der Waals surface area contributed by atoms with Gasteiger partial charge in [0.05, 0.1) is 31.2 Å². The van der Waals surface area contributed by atoms with Crippen LogP contribution in [0.15, 0.2) is 33.8 Å². The molecule has 0 aliphatic heterocycles. The van der Waals surface area contributed by atoms with Crippen LogP contribution in [0, 0.1) is 0 Å². The van der Waals surface area contributed by atoms with Gasteiger partial charge in [-0.3, -0.25) is 9.97 Å². The molecule has 0 N–H and O–H groups in total. The lowest BCUT2D eigenvalue weighted by Gasteiger charge is -2.05. The molecule has 0 amide bonds. The van der Waals surface area contributed by atoms with Crippen molar-refractivity contribution in [2.45, 2.75) is 50.7 Å². The van der Waals surface area contributed by atoms with Gasteiger partial charge in [-0.25, -0.2) is 0 Å². The fraction of sp³-hybridized carbons (Fsp3) is 0.333. The first-order chi connectivity index (χ1) is 18.4. The number of hydrogen-bond donors (Lipinski definition) is 0. The first-order valence-electron chi connectivity index (χ1n) is 11.7. The van der Waals surface area contributed by atoms with Gasteiger partial charge in [-0.1, -0.05) is 56.7 Å². The van der Waals surface area contributed by atoms with Crippen LogP contribution >= 0.6 is 54.7 Å². The van der Waals surface area contributed by atoms with Crippen LogP contribution in [0.25, 0.3) is 22.5 Å². The average Bonchev–Trinajstić information content (AvgIpc) is 3.82. The van der Waals surface area contributed by atoms with E-state index < -0.39 is 8.25 Å². The highest BCUT2D eigenvalue weighted by atomic mass is 35.5. The van der Waals surface area contributed by atoms with E-state index in [4.69, 9.17) is 64.5 Å². The van der Waals surface area contributed by atoms with Gasteiger partial charge in [-0.15, -0.1) is 9.05 Å². The van der Waals surface area contributed by atoms with E-state index in [0.717, 1.165) is 25.7 Å². The topological polar surface area (TPSA) is 113 Å². The molecule has 0 aromatic carbocycles. The van der Waals surface area contributed by atoms with Crippen LogP contribution in [-0.2, 0) is 26.8 Å². The summed E-state index contributed by atoms with van der Waals surface area (Å²) in [6, 6.07) is 0. The van der Waals surface area contributed by atoms with Gasteiger partial charge in [0, 0.05) is 52.3 Å². The molecule has 9 nitrogen and oxygen atoms in total. The summed E-state index contributed by atoms with van der Waals surface area (Å²) in [5.41, 5.74) is 3.04. The van der Waals surface area contributed by atoms with E-state index in [0.29, 0.717) is 65.3 Å². The SMILES string of the molecule is O=[P+](OCc1c(-c2c(Cl)cncc2Cl)noc1C1CC1)OCc1c(-c2c(Cl)cncc2Cl)noc1C1CC1. The van der Waals surface area contributed by atoms with E-state index in [1.165, 1.54) is 24.8 Å². The van der Waals surface area contributed by atoms with E-state index in [1.807, 2.05) is 0 Å². The molecule has 6 rings (SSSR count). The molecule has 2 saturated carbocycles. The second-order valence-electron chi connectivity index (χ2n) is 9.02. The molecule has 14 heteroatoms. The molecule has 0 spiro atoms. The van der Waals surface area contributed by atoms with E-state index >= 15 is 0 Å². The molecule has 4 heterocycles. The number of hydrogen-bond acceptors (Lipinski definition) is 9. The maximum atomic E-state index is 12.9. The quantitative estimate of drug-likeness (QED) is 0.162. The molecule has 0 atom stereocenters. The highest BCUT2D eigenvalue weighted by Crippen LogP contribution is 2.48. The Balaban J connectivity index is 1.21. The van der Waals surface area contributed by atoms with Crippen LogP contribution in [0.3, 0.4) is 0 Å². The van der Waals surface area contributed by atoms with Gasteiger partial charge in [-0.2, -0.15) is 0 Å². The predicted octanol–water partition coefficient (Wildman–Crippen LogP) is 8.55. The minimum atomic E-state index is -2.55. The zero-order valence-corrected chi connectivity index (χ0v) is 23.4. The molecule has 0 bridgehead atoms. The summed E-state index contributed by atoms with van der Waals surface area (Å²) in [6.07, 6.45) is 9.72. The van der Waals surface area contributed by atoms with Gasteiger partial charge in [0.1, 0.15) is 36.1 Å². The fourth-order valence-corrected chi connectivity index (χ4v) is 5.83. The van der Waals surface area contributed by atoms with Gasteiger partial charge in [0.2, 0.25) is 0 Å². The highest BCUT2D eigenvalue weighted by Gasteiger charge is 2.37. The van der Waals surface area contributed by atoms with Crippen molar-refractivity contribution in [1.82, 2.24) is 20.3 Å². The maximum absolute atomic E-state index is 12.9. The number of pyridine rings is 2. The Morgan fingerprint density at radius 3 is 1.42 bits per heavy atom. The lowest BCUT2D eigenvalue weighted by Crippen LogP contribution is -1.97. The van der Waals surface area contributed by atoms with Crippen molar-refractivity contribution >= 4 is 54.7 Å². The molecule has 196 valence electrons. The third kappa shape index (κ3) is 5.21. The fourth-order valence-electron chi connectivity index (χ4n) is 4.20. The van der Waals surface area contributed by atoms with E-state index in [9.17, 15) is 4.57 Å². The van der Waals surface area contributed by atoms with E-state index in [1.54, 1.807) is 0 Å². The Morgan fingerprint density at radius 2 is 1.08 bits per heavy atom. The van der Waals surface area contributed by atoms with Gasteiger partial charge < -0.3 is 9.05 Å². The van der Waals surface area contributed by atoms with Crippen molar-refractivity contribution in [3.8, 4) is 22.5 Å². The predicted molar refractivity (Wildman–Crippen MR) is 141 cm³/mol. The number of halogens is 4. The van der Waals surface area contributed by atoms with Crippen molar-refractivity contribution in [2.24, 2.45) is 0 Å². The minimum Gasteiger partial charge on any atom is -0.360 e. The second kappa shape index (κ2) is 10.8. The summed E-state index contributed by atoms with van der Waals surface area (Å²) in [4.78, 5) is 7.97. The molecule has 2 aliphatic rings. The molecule has 2 aliphatic carbocycles. The lowest BCUT2D eigenvalue weighted by molar-refractivity contribution is 0.211. The standard InChI is InChI=1S/C24H18Cl4N4O5P/c25-15-5-29-6-16(26)19(15)21-13(23(36-31-21)11-1-2-11)9-34-38(33)35-10-14-22(32-37-24(14)12-3-4-12)20-17(27)7-30-8-18(20)28/h5-8,11-12H,1-4,9-10H2/q+1. The van der Waals surface area contributed by atoms with Crippen molar-refractivity contribution in [3.63, 3.8) is 0 Å². The molecule has 0 radical (unpaired) electrons. The smallest absolute Gasteiger partial charge is 0.360 e. The van der Waals surface area contributed by atoms with Crippen molar-refractivity contribution in [3.05, 3.63) is 67.5 Å². The van der Waals surface area contributed by atoms with Crippen LogP contribution in [0.2, 0.25) is 20.1 Å². The van der Waals surface area contributed by atoms with Crippen LogP contribution in [0.5, 0.6) is 0 Å². The molecule has 4 aromatic heterocycles. The summed E-state index contributed by atoms with van der Waals surface area (Å²) in [7, 11) is -2.55. The summed E-state index contributed by atoms with van der Waals surface area (Å²) in [5.74, 6) is 1.74. The first kappa shape index (κ1) is 26.1. The zero-order valence-electron chi connectivity index (χ0n) is 19.5. The largest absolute Gasteiger partial charge is 0.698 e. The van der Waals surface area contributed by atoms with Gasteiger partial charge in [0.15, 0.2) is 0 Å². The maximum Gasteiger partial charge on any atom is 0.698 e. The van der Waals surface area contributed by atoms with Gasteiger partial charge in [-0.05, 0) is 25.7 Å². The summed E-state index contributed by atoms with van der Waals surface area (Å²) >= 11 is 25.4. The Hall–Kier alpha value is -2.10. The second-order valence-corrected chi connectivity index (χ2v) is 11.6. The molecular weight excluding hydrogens is 597 g/mol. The zero-order chi connectivity index (χ0) is 26.4. The Morgan fingerprint density at radius 1 is 0.711 bits per heavy atom. The van der Waals surface area contributed by atoms with E-state index in [-0.39, 0.29) is 25.0 Å². The highest BCUT2D eigenvalue weighted by molar-refractivity contribution is 7.33. The van der Waals surface area contributed by atoms with Crippen LogP contribution in [-0.4, -0.2) is 20.3 Å². The van der Waals surface area contributed by atoms with Crippen molar-refractivity contribution in [1.29, 1.82) is 0 Å². The molecule has 2 fully saturated rings. The summed E-state index contributed by atoms with van der Waals surface area (Å²) < 4.78 is 35.4. The van der Waals surface area contributed by atoms with Crippen LogP contribution in [0.1, 0.15) is 60.2 Å². The van der Waals surface area contributed by atoms with E-state index in [2.05, 4.69) is 20.3 Å². The number of rotatable bonds is 10. The third-order valence-electron chi connectivity index (χ3n) is 6.34. The van der Waals surface area contributed by atoms with Crippen LogP contribution in [0.4, 0.5) is 0 Å². The molecule has 38 heavy (non-hydrogen) atoms. The third-order valence-corrected chi connectivity index (χ3v) is 8.17. The van der Waals surface area contributed by atoms with Gasteiger partial charge >= 0.3 is 8.25 Å². The summed E-state index contributed by atoms with van der Waals surface area (Å²) in [6.45, 7) is -0.161. The summed E-state index contributed by atoms with van der Waals surface area (Å²) in [5, 5.41) is 9.65. The van der Waals surface area contributed by atoms with Crippen molar-refractivity contribution < 1.29 is 22.7 Å². The average molecular weight is 615 g/mol. The number of aromatic nitrogens is 4. The van der Waals surface area contributed by atoms with Crippen LogP contribution < -0.4 is 0 Å². The molecule has 0 unspecified atom stereocenters. The molecular formula is C24H18Cl4N4O5P+. The molecule has 0 saturated heterocycles. The Kier molecular flexibility index (Phi) is 7.44. The monoisotopic (exact) mass is 613 g/mol. The number of nitrogens with zero attached hydrogens (tertiary/aromatic N) is 4. The Bertz CT molecular complexity index is 1380. The molecule has 4 aromatic rings.